The van der Waals surface area contributed by atoms with Gasteiger partial charge in [0, 0.05) is 17.7 Å². The molecule has 1 heterocycles. The zero-order valence-electron chi connectivity index (χ0n) is 15.7. The average molecular weight is 393 g/mol. The number of nitro groups is 1. The van der Waals surface area contributed by atoms with Crippen molar-refractivity contribution in [3.05, 3.63) is 99.0 Å². The molecule has 2 N–H and O–H groups in total. The number of nitrogens with zero attached hydrogens (tertiary/aromatic N) is 1. The highest BCUT2D eigenvalue weighted by Crippen LogP contribution is 2.23. The molecule has 8 nitrogen and oxygen atoms in total. The van der Waals surface area contributed by atoms with Crippen molar-refractivity contribution in [1.82, 2.24) is 10.6 Å². The van der Waals surface area contributed by atoms with Crippen LogP contribution in [0.15, 0.2) is 65.3 Å². The second-order valence-corrected chi connectivity index (χ2v) is 6.37. The van der Waals surface area contributed by atoms with Crippen LogP contribution in [-0.2, 0) is 13.1 Å². The standard InChI is InChI=1S/C21H19N3O5/c1-14-5-2-9-18(19(14)24(27)28)21(26)22-12-15-6-3-7-16(11-15)20(25)23-13-17-8-4-10-29-17/h2-11H,12-13H2,1H3,(H,22,26)(H,23,25). The molecule has 0 saturated carbocycles. The van der Waals surface area contributed by atoms with Crippen molar-refractivity contribution < 1.29 is 18.9 Å². The van der Waals surface area contributed by atoms with Crippen LogP contribution in [0.5, 0.6) is 0 Å². The van der Waals surface area contributed by atoms with E-state index in [-0.39, 0.29) is 30.2 Å². The van der Waals surface area contributed by atoms with Gasteiger partial charge in [0.1, 0.15) is 11.3 Å². The van der Waals surface area contributed by atoms with Crippen molar-refractivity contribution in [2.24, 2.45) is 0 Å². The third kappa shape index (κ3) is 4.86. The topological polar surface area (TPSA) is 114 Å². The number of amides is 2. The molecule has 1 aromatic heterocycles. The minimum Gasteiger partial charge on any atom is -0.467 e. The van der Waals surface area contributed by atoms with E-state index in [0.717, 1.165) is 0 Å². The molecule has 148 valence electrons. The average Bonchev–Trinajstić information content (AvgIpc) is 3.23. The van der Waals surface area contributed by atoms with Crippen LogP contribution in [0.2, 0.25) is 0 Å². The van der Waals surface area contributed by atoms with Gasteiger partial charge in [-0.15, -0.1) is 0 Å². The minimum atomic E-state index is -0.561. The Morgan fingerprint density at radius 3 is 2.48 bits per heavy atom. The van der Waals surface area contributed by atoms with Crippen molar-refractivity contribution in [2.75, 3.05) is 0 Å². The van der Waals surface area contributed by atoms with Gasteiger partial charge in [0.15, 0.2) is 0 Å². The van der Waals surface area contributed by atoms with Gasteiger partial charge in [-0.2, -0.15) is 0 Å². The Bertz CT molecular complexity index is 1040. The van der Waals surface area contributed by atoms with Crippen LogP contribution < -0.4 is 10.6 Å². The molecule has 2 amide bonds. The van der Waals surface area contributed by atoms with E-state index >= 15 is 0 Å². The summed E-state index contributed by atoms with van der Waals surface area (Å²) < 4.78 is 5.18. The number of nitrogens with one attached hydrogen (secondary N) is 2. The Morgan fingerprint density at radius 1 is 1.00 bits per heavy atom. The lowest BCUT2D eigenvalue weighted by Gasteiger charge is -2.09. The van der Waals surface area contributed by atoms with Gasteiger partial charge in [0.25, 0.3) is 17.5 Å². The lowest BCUT2D eigenvalue weighted by atomic mass is 10.1. The molecule has 3 rings (SSSR count). The molecule has 0 spiro atoms. The van der Waals surface area contributed by atoms with Crippen molar-refractivity contribution >= 4 is 17.5 Å². The quantitative estimate of drug-likeness (QED) is 0.472. The molecule has 0 bridgehead atoms. The van der Waals surface area contributed by atoms with Crippen molar-refractivity contribution in [3.8, 4) is 0 Å². The maximum Gasteiger partial charge on any atom is 0.285 e. The molecule has 0 saturated heterocycles. The number of nitro benzene ring substituents is 1. The van der Waals surface area contributed by atoms with E-state index < -0.39 is 10.8 Å². The Balaban J connectivity index is 1.65. The summed E-state index contributed by atoms with van der Waals surface area (Å²) in [5.41, 5.74) is 1.33. The number of rotatable bonds is 7. The van der Waals surface area contributed by atoms with Gasteiger partial charge >= 0.3 is 0 Å². The van der Waals surface area contributed by atoms with E-state index in [0.29, 0.717) is 22.5 Å². The summed E-state index contributed by atoms with van der Waals surface area (Å²) >= 11 is 0. The second kappa shape index (κ2) is 8.83. The lowest BCUT2D eigenvalue weighted by Crippen LogP contribution is -2.25. The SMILES string of the molecule is Cc1cccc(C(=O)NCc2cccc(C(=O)NCc3ccco3)c2)c1[N+](=O)[O-]. The molecule has 0 aliphatic carbocycles. The van der Waals surface area contributed by atoms with Crippen LogP contribution in [0.1, 0.15) is 37.6 Å². The van der Waals surface area contributed by atoms with Crippen LogP contribution in [0, 0.1) is 17.0 Å². The van der Waals surface area contributed by atoms with Crippen LogP contribution in [0.3, 0.4) is 0 Å². The number of carbonyl (C=O) groups is 2. The lowest BCUT2D eigenvalue weighted by molar-refractivity contribution is -0.385. The fourth-order valence-electron chi connectivity index (χ4n) is 2.87. The van der Waals surface area contributed by atoms with Crippen LogP contribution in [0.4, 0.5) is 5.69 Å². The zero-order valence-corrected chi connectivity index (χ0v) is 15.7. The largest absolute Gasteiger partial charge is 0.467 e. The molecule has 0 radical (unpaired) electrons. The van der Waals surface area contributed by atoms with Gasteiger partial charge < -0.3 is 15.1 Å². The molecule has 0 aliphatic rings. The highest BCUT2D eigenvalue weighted by molar-refractivity contribution is 5.98. The van der Waals surface area contributed by atoms with Gasteiger partial charge in [0.2, 0.25) is 0 Å². The summed E-state index contributed by atoms with van der Waals surface area (Å²) in [4.78, 5) is 35.4. The maximum absolute atomic E-state index is 12.4. The van der Waals surface area contributed by atoms with E-state index in [1.165, 1.54) is 12.3 Å². The minimum absolute atomic E-state index is 0.00217. The number of para-hydroxylation sites is 1. The molecule has 8 heteroatoms. The normalized spacial score (nSPS) is 10.4. The number of furan rings is 1. The zero-order chi connectivity index (χ0) is 20.8. The molecule has 3 aromatic rings. The fraction of sp³-hybridized carbons (Fsp3) is 0.143. The molecule has 2 aromatic carbocycles. The third-order valence-corrected chi connectivity index (χ3v) is 4.31. The van der Waals surface area contributed by atoms with Crippen molar-refractivity contribution in [1.29, 1.82) is 0 Å². The van der Waals surface area contributed by atoms with Gasteiger partial charge in [-0.05, 0) is 42.8 Å². The van der Waals surface area contributed by atoms with Crippen molar-refractivity contribution in [3.63, 3.8) is 0 Å². The second-order valence-electron chi connectivity index (χ2n) is 6.37. The fourth-order valence-corrected chi connectivity index (χ4v) is 2.87. The van der Waals surface area contributed by atoms with Gasteiger partial charge in [0.05, 0.1) is 17.7 Å². The summed E-state index contributed by atoms with van der Waals surface area (Å²) in [6, 6.07) is 14.9. The van der Waals surface area contributed by atoms with Gasteiger partial charge in [-0.1, -0.05) is 24.3 Å². The number of hydrogen-bond acceptors (Lipinski definition) is 5. The number of carbonyl (C=O) groups excluding carboxylic acids is 2. The summed E-state index contributed by atoms with van der Waals surface area (Å²) in [5, 5.41) is 16.7. The molecule has 0 fully saturated rings. The maximum atomic E-state index is 12.4. The summed E-state index contributed by atoms with van der Waals surface area (Å²) in [5.74, 6) is -0.182. The Morgan fingerprint density at radius 2 is 1.76 bits per heavy atom. The Kier molecular flexibility index (Phi) is 6.03. The molecule has 0 atom stereocenters. The van der Waals surface area contributed by atoms with Crippen LogP contribution in [-0.4, -0.2) is 16.7 Å². The van der Waals surface area contributed by atoms with E-state index in [2.05, 4.69) is 10.6 Å². The molecular formula is C21H19N3O5. The summed E-state index contributed by atoms with van der Waals surface area (Å²) in [6.07, 6.45) is 1.53. The first-order chi connectivity index (χ1) is 14.0. The highest BCUT2D eigenvalue weighted by atomic mass is 16.6. The first kappa shape index (κ1) is 19.8. The third-order valence-electron chi connectivity index (χ3n) is 4.31. The number of hydrogen-bond donors (Lipinski definition) is 2. The molecule has 0 unspecified atom stereocenters. The Labute approximate surface area is 166 Å². The number of benzene rings is 2. The van der Waals surface area contributed by atoms with Crippen LogP contribution in [0.25, 0.3) is 0 Å². The van der Waals surface area contributed by atoms with Crippen molar-refractivity contribution in [2.45, 2.75) is 20.0 Å². The summed E-state index contributed by atoms with van der Waals surface area (Å²) in [6.45, 7) is 1.98. The van der Waals surface area contributed by atoms with Gasteiger partial charge in [-0.25, -0.2) is 0 Å². The molecule has 29 heavy (non-hydrogen) atoms. The molecular weight excluding hydrogens is 374 g/mol. The first-order valence-corrected chi connectivity index (χ1v) is 8.87. The van der Waals surface area contributed by atoms with E-state index in [1.807, 2.05) is 0 Å². The van der Waals surface area contributed by atoms with Gasteiger partial charge in [-0.3, -0.25) is 19.7 Å². The molecule has 0 aliphatic heterocycles. The van der Waals surface area contributed by atoms with Crippen LogP contribution >= 0.6 is 0 Å². The highest BCUT2D eigenvalue weighted by Gasteiger charge is 2.22. The predicted molar refractivity (Wildman–Crippen MR) is 105 cm³/mol. The monoisotopic (exact) mass is 393 g/mol. The summed E-state index contributed by atoms with van der Waals surface area (Å²) in [7, 11) is 0. The Hall–Kier alpha value is -3.94. The van der Waals surface area contributed by atoms with E-state index in [1.54, 1.807) is 55.5 Å². The smallest absolute Gasteiger partial charge is 0.285 e. The number of aryl methyl sites for hydroxylation is 1. The van der Waals surface area contributed by atoms with E-state index in [9.17, 15) is 19.7 Å². The van der Waals surface area contributed by atoms with E-state index in [4.69, 9.17) is 4.42 Å². The predicted octanol–water partition coefficient (Wildman–Crippen LogP) is 3.36. The first-order valence-electron chi connectivity index (χ1n) is 8.87.